The highest BCUT2D eigenvalue weighted by Gasteiger charge is 2.39. The average Bonchev–Trinajstić information content (AvgIpc) is 3.05. The maximum absolute atomic E-state index is 12.8. The summed E-state index contributed by atoms with van der Waals surface area (Å²) < 4.78 is 43.3. The summed E-state index contributed by atoms with van der Waals surface area (Å²) in [4.78, 5) is 14.3. The zero-order valence-electron chi connectivity index (χ0n) is 14.4. The van der Waals surface area contributed by atoms with Gasteiger partial charge in [0.2, 0.25) is 0 Å². The third-order valence-corrected chi connectivity index (χ3v) is 4.81. The van der Waals surface area contributed by atoms with Gasteiger partial charge in [0.05, 0.1) is 18.6 Å². The van der Waals surface area contributed by atoms with Crippen molar-refractivity contribution in [2.24, 2.45) is 5.92 Å². The lowest BCUT2D eigenvalue weighted by molar-refractivity contribution is -0.145. The summed E-state index contributed by atoms with van der Waals surface area (Å²) in [6, 6.07) is 15.0. The number of benzene rings is 2. The van der Waals surface area contributed by atoms with E-state index in [-0.39, 0.29) is 17.8 Å². The number of ether oxygens (including phenoxy) is 1. The van der Waals surface area contributed by atoms with E-state index in [2.05, 4.69) is 4.90 Å². The van der Waals surface area contributed by atoms with Gasteiger partial charge in [-0.3, -0.25) is 9.69 Å². The summed E-state index contributed by atoms with van der Waals surface area (Å²) in [6.07, 6.45) is -4.37. The van der Waals surface area contributed by atoms with Crippen molar-refractivity contribution < 1.29 is 22.7 Å². The van der Waals surface area contributed by atoms with Gasteiger partial charge in [-0.05, 0) is 23.3 Å². The number of likely N-dealkylation sites (tertiary alicyclic amines) is 1. The van der Waals surface area contributed by atoms with Gasteiger partial charge in [-0.1, -0.05) is 42.5 Å². The number of rotatable bonds is 4. The van der Waals surface area contributed by atoms with Crippen LogP contribution in [0.15, 0.2) is 54.6 Å². The van der Waals surface area contributed by atoms with Gasteiger partial charge in [0.25, 0.3) is 0 Å². The molecule has 0 radical (unpaired) electrons. The van der Waals surface area contributed by atoms with E-state index >= 15 is 0 Å². The number of nitrogens with zero attached hydrogens (tertiary/aromatic N) is 1. The molecule has 0 N–H and O–H groups in total. The predicted octanol–water partition coefficient (Wildman–Crippen LogP) is 4.09. The van der Waals surface area contributed by atoms with Crippen LogP contribution in [0.3, 0.4) is 0 Å². The van der Waals surface area contributed by atoms with Gasteiger partial charge in [-0.25, -0.2) is 0 Å². The lowest BCUT2D eigenvalue weighted by Crippen LogP contribution is -2.24. The third kappa shape index (κ3) is 4.07. The van der Waals surface area contributed by atoms with Crippen LogP contribution in [0.1, 0.15) is 22.6 Å². The van der Waals surface area contributed by atoms with E-state index in [1.165, 1.54) is 19.2 Å². The minimum Gasteiger partial charge on any atom is -0.469 e. The highest BCUT2D eigenvalue weighted by molar-refractivity contribution is 5.74. The molecule has 0 spiro atoms. The van der Waals surface area contributed by atoms with Crippen LogP contribution in [-0.4, -0.2) is 31.1 Å². The molecule has 138 valence electrons. The van der Waals surface area contributed by atoms with Crippen molar-refractivity contribution in [2.45, 2.75) is 18.6 Å². The smallest absolute Gasteiger partial charge is 0.416 e. The van der Waals surface area contributed by atoms with Gasteiger partial charge in [0.1, 0.15) is 0 Å². The minimum absolute atomic E-state index is 0.187. The van der Waals surface area contributed by atoms with Crippen LogP contribution in [0.2, 0.25) is 0 Å². The fraction of sp³-hybridized carbons (Fsp3) is 0.350. The number of halogens is 3. The fourth-order valence-corrected chi connectivity index (χ4v) is 3.50. The van der Waals surface area contributed by atoms with Crippen molar-refractivity contribution in [3.8, 4) is 0 Å². The Hall–Kier alpha value is -2.34. The first-order valence-electron chi connectivity index (χ1n) is 8.39. The van der Waals surface area contributed by atoms with Gasteiger partial charge in [0, 0.05) is 25.6 Å². The molecular formula is C20H20F3NO2. The van der Waals surface area contributed by atoms with Crippen LogP contribution in [0.5, 0.6) is 0 Å². The van der Waals surface area contributed by atoms with Crippen LogP contribution in [0, 0.1) is 5.92 Å². The largest absolute Gasteiger partial charge is 0.469 e. The fourth-order valence-electron chi connectivity index (χ4n) is 3.50. The first-order valence-corrected chi connectivity index (χ1v) is 8.39. The molecule has 6 heteroatoms. The van der Waals surface area contributed by atoms with E-state index < -0.39 is 11.7 Å². The molecule has 0 bridgehead atoms. The molecule has 0 saturated carbocycles. The van der Waals surface area contributed by atoms with Crippen molar-refractivity contribution in [1.82, 2.24) is 4.90 Å². The number of carbonyl (C=O) groups is 1. The lowest BCUT2D eigenvalue weighted by Gasteiger charge is -2.17. The molecule has 0 unspecified atom stereocenters. The first kappa shape index (κ1) is 18.5. The van der Waals surface area contributed by atoms with E-state index in [1.54, 1.807) is 0 Å². The highest BCUT2D eigenvalue weighted by Crippen LogP contribution is 2.36. The molecule has 2 aromatic rings. The van der Waals surface area contributed by atoms with E-state index in [9.17, 15) is 18.0 Å². The minimum atomic E-state index is -4.37. The van der Waals surface area contributed by atoms with Crippen molar-refractivity contribution in [1.29, 1.82) is 0 Å². The monoisotopic (exact) mass is 363 g/mol. The number of carbonyl (C=O) groups excluding carboxylic acids is 1. The number of alkyl halides is 3. The molecule has 26 heavy (non-hydrogen) atoms. The summed E-state index contributed by atoms with van der Waals surface area (Å²) >= 11 is 0. The molecule has 3 rings (SSSR count). The molecule has 0 amide bonds. The average molecular weight is 363 g/mol. The predicted molar refractivity (Wildman–Crippen MR) is 91.4 cm³/mol. The molecular weight excluding hydrogens is 343 g/mol. The molecule has 1 heterocycles. The Kier molecular flexibility index (Phi) is 5.32. The van der Waals surface area contributed by atoms with Gasteiger partial charge >= 0.3 is 12.1 Å². The number of methoxy groups -OCH3 is 1. The van der Waals surface area contributed by atoms with Gasteiger partial charge in [0.15, 0.2) is 0 Å². The second kappa shape index (κ2) is 7.50. The molecule has 2 aromatic carbocycles. The lowest BCUT2D eigenvalue weighted by atomic mass is 9.88. The van der Waals surface area contributed by atoms with Gasteiger partial charge < -0.3 is 4.74 Å². The zero-order chi connectivity index (χ0) is 18.7. The number of hydrogen-bond acceptors (Lipinski definition) is 3. The van der Waals surface area contributed by atoms with Crippen LogP contribution < -0.4 is 0 Å². The van der Waals surface area contributed by atoms with Crippen molar-refractivity contribution in [2.75, 3.05) is 20.2 Å². The Morgan fingerprint density at radius 1 is 1.08 bits per heavy atom. The quantitative estimate of drug-likeness (QED) is 0.766. The van der Waals surface area contributed by atoms with E-state index in [0.717, 1.165) is 23.3 Å². The van der Waals surface area contributed by atoms with Gasteiger partial charge in [-0.2, -0.15) is 13.2 Å². The number of hydrogen-bond donors (Lipinski definition) is 0. The maximum Gasteiger partial charge on any atom is 0.416 e. The van der Waals surface area contributed by atoms with Gasteiger partial charge in [-0.15, -0.1) is 0 Å². The van der Waals surface area contributed by atoms with Crippen molar-refractivity contribution in [3.63, 3.8) is 0 Å². The Bertz CT molecular complexity index is 744. The van der Waals surface area contributed by atoms with Crippen LogP contribution in [-0.2, 0) is 22.3 Å². The summed E-state index contributed by atoms with van der Waals surface area (Å²) in [6.45, 7) is 1.80. The maximum atomic E-state index is 12.8. The molecule has 3 nitrogen and oxygen atoms in total. The number of esters is 1. The van der Waals surface area contributed by atoms with E-state index in [4.69, 9.17) is 4.74 Å². The van der Waals surface area contributed by atoms with Crippen LogP contribution in [0.4, 0.5) is 13.2 Å². The van der Waals surface area contributed by atoms with E-state index in [1.807, 2.05) is 30.3 Å². The summed E-state index contributed by atoms with van der Waals surface area (Å²) in [5, 5.41) is 0. The topological polar surface area (TPSA) is 29.5 Å². The first-order chi connectivity index (χ1) is 12.4. The SMILES string of the molecule is COC(=O)[C@H]1CN(Cc2ccccc2)C[C@@H]1c1ccc(C(F)(F)F)cc1. The molecule has 0 aromatic heterocycles. The molecule has 2 atom stereocenters. The van der Waals surface area contributed by atoms with Crippen LogP contribution >= 0.6 is 0 Å². The molecule has 1 aliphatic heterocycles. The third-order valence-electron chi connectivity index (χ3n) is 4.81. The molecule has 1 aliphatic rings. The molecule has 0 aliphatic carbocycles. The Balaban J connectivity index is 1.80. The molecule has 1 fully saturated rings. The van der Waals surface area contributed by atoms with Crippen molar-refractivity contribution >= 4 is 5.97 Å². The summed E-state index contributed by atoms with van der Waals surface area (Å²) in [5.41, 5.74) is 1.17. The Morgan fingerprint density at radius 2 is 1.73 bits per heavy atom. The van der Waals surface area contributed by atoms with Crippen LogP contribution in [0.25, 0.3) is 0 Å². The second-order valence-corrected chi connectivity index (χ2v) is 6.54. The summed E-state index contributed by atoms with van der Waals surface area (Å²) in [7, 11) is 1.34. The summed E-state index contributed by atoms with van der Waals surface area (Å²) in [5.74, 6) is -0.903. The zero-order valence-corrected chi connectivity index (χ0v) is 14.4. The second-order valence-electron chi connectivity index (χ2n) is 6.54. The van der Waals surface area contributed by atoms with Crippen molar-refractivity contribution in [3.05, 3.63) is 71.3 Å². The highest BCUT2D eigenvalue weighted by atomic mass is 19.4. The Labute approximate surface area is 150 Å². The Morgan fingerprint density at radius 3 is 2.31 bits per heavy atom. The van der Waals surface area contributed by atoms with E-state index in [0.29, 0.717) is 19.6 Å². The molecule has 1 saturated heterocycles. The normalized spacial score (nSPS) is 20.9. The standard InChI is InChI=1S/C20H20F3NO2/c1-26-19(25)18-13-24(11-14-5-3-2-4-6-14)12-17(18)15-7-9-16(10-8-15)20(21,22)23/h2-10,17-18H,11-13H2,1H3/t17-,18+/m1/s1.